The van der Waals surface area contributed by atoms with Crippen LogP contribution in [0.3, 0.4) is 0 Å². The highest BCUT2D eigenvalue weighted by molar-refractivity contribution is 6.04. The summed E-state index contributed by atoms with van der Waals surface area (Å²) in [5.41, 5.74) is 11.8. The first-order valence-corrected chi connectivity index (χ1v) is 10.6. The molecule has 10 heteroatoms. The van der Waals surface area contributed by atoms with Crippen LogP contribution in [0.4, 0.5) is 14.6 Å². The monoisotopic (exact) mass is 465 g/mol. The van der Waals surface area contributed by atoms with Crippen molar-refractivity contribution < 1.29 is 23.4 Å². The number of hydrogen-bond donors (Lipinski definition) is 3. The number of carbonyl (C=O) groups excluding carboxylic acids is 1. The van der Waals surface area contributed by atoms with Gasteiger partial charge in [-0.15, -0.1) is 0 Å². The second kappa shape index (κ2) is 8.07. The van der Waals surface area contributed by atoms with E-state index >= 15 is 4.39 Å². The lowest BCUT2D eigenvalue weighted by atomic mass is 9.90. The topological polar surface area (TPSA) is 129 Å². The zero-order chi connectivity index (χ0) is 24.1. The number of primary amides is 1. The highest BCUT2D eigenvalue weighted by Gasteiger charge is 2.34. The number of nitrogen functional groups attached to an aromatic ring is 1. The molecule has 34 heavy (non-hydrogen) atoms. The molecule has 2 aromatic heterocycles. The van der Waals surface area contributed by atoms with E-state index in [0.29, 0.717) is 24.0 Å². The molecule has 1 saturated carbocycles. The van der Waals surface area contributed by atoms with Crippen molar-refractivity contribution in [3.05, 3.63) is 59.7 Å². The maximum Gasteiger partial charge on any atom is 0.254 e. The average molecular weight is 465 g/mol. The Morgan fingerprint density at radius 1 is 1.18 bits per heavy atom. The first-order chi connectivity index (χ1) is 16.3. The number of nitrogens with zero attached hydrogens (tertiary/aromatic N) is 3. The molecular weight excluding hydrogens is 444 g/mol. The predicted octanol–water partition coefficient (Wildman–Crippen LogP) is 3.43. The van der Waals surface area contributed by atoms with Crippen LogP contribution < -0.4 is 16.2 Å². The fourth-order valence-electron chi connectivity index (χ4n) is 4.30. The Labute approximate surface area is 192 Å². The molecule has 0 atom stereocenters. The van der Waals surface area contributed by atoms with E-state index in [1.165, 1.54) is 36.1 Å². The summed E-state index contributed by atoms with van der Waals surface area (Å²) in [6.07, 6.45) is 0.336. The molecule has 5 N–H and O–H groups in total. The number of halogens is 2. The third kappa shape index (κ3) is 3.34. The highest BCUT2D eigenvalue weighted by atomic mass is 19.1. The molecule has 0 radical (unpaired) electrons. The number of anilines is 1. The number of methoxy groups -OCH3 is 1. The number of hydrogen-bond acceptors (Lipinski definition) is 6. The standard InChI is InChI=1S/C24H21F2N5O3/c1-34-18-10-17(13-4-2-3-5-16(13)25)29-22-14(18)6-7-15(20(22)26)21-19(24(28)33)23(27)31(30-21)11-8-12(32)9-11/h2-7,10-12,32H,8-9,27H2,1H3,(H2,28,33). The van der Waals surface area contributed by atoms with Gasteiger partial charge >= 0.3 is 0 Å². The maximum atomic E-state index is 15.9. The van der Waals surface area contributed by atoms with Crippen molar-refractivity contribution >= 4 is 22.6 Å². The number of fused-ring (bicyclic) bond motifs is 1. The Morgan fingerprint density at radius 2 is 1.91 bits per heavy atom. The molecule has 8 nitrogen and oxygen atoms in total. The number of rotatable bonds is 5. The summed E-state index contributed by atoms with van der Waals surface area (Å²) in [6, 6.07) is 10.3. The maximum absolute atomic E-state index is 15.9. The van der Waals surface area contributed by atoms with Gasteiger partial charge in [-0.1, -0.05) is 12.1 Å². The lowest BCUT2D eigenvalue weighted by Crippen LogP contribution is -2.32. The van der Waals surface area contributed by atoms with Crippen molar-refractivity contribution in [3.8, 4) is 28.3 Å². The Bertz CT molecular complexity index is 1450. The Kier molecular flexibility index (Phi) is 5.17. The summed E-state index contributed by atoms with van der Waals surface area (Å²) in [5.74, 6) is -1.85. The van der Waals surface area contributed by atoms with Gasteiger partial charge in [0, 0.05) is 22.6 Å². The number of nitrogens with two attached hydrogens (primary N) is 2. The van der Waals surface area contributed by atoms with Crippen LogP contribution in [0, 0.1) is 11.6 Å². The van der Waals surface area contributed by atoms with Crippen molar-refractivity contribution in [2.75, 3.05) is 12.8 Å². The second-order valence-corrected chi connectivity index (χ2v) is 8.21. The Hall–Kier alpha value is -4.05. The molecule has 1 fully saturated rings. The first kappa shape index (κ1) is 21.8. The van der Waals surface area contributed by atoms with E-state index in [2.05, 4.69) is 10.1 Å². The van der Waals surface area contributed by atoms with Crippen molar-refractivity contribution in [2.24, 2.45) is 5.73 Å². The highest BCUT2D eigenvalue weighted by Crippen LogP contribution is 2.40. The molecule has 1 aliphatic rings. The van der Waals surface area contributed by atoms with Crippen LogP contribution in [-0.2, 0) is 0 Å². The van der Waals surface area contributed by atoms with Crippen LogP contribution in [0.2, 0.25) is 0 Å². The Morgan fingerprint density at radius 3 is 2.56 bits per heavy atom. The van der Waals surface area contributed by atoms with E-state index < -0.39 is 23.6 Å². The molecule has 0 bridgehead atoms. The molecule has 5 rings (SSSR count). The van der Waals surface area contributed by atoms with E-state index in [1.54, 1.807) is 18.2 Å². The molecule has 0 saturated heterocycles. The number of pyridine rings is 1. The normalized spacial score (nSPS) is 17.5. The van der Waals surface area contributed by atoms with Gasteiger partial charge in [0.15, 0.2) is 5.82 Å². The minimum atomic E-state index is -0.858. The molecular formula is C24H21F2N5O3. The molecule has 2 heterocycles. The summed E-state index contributed by atoms with van der Waals surface area (Å²) < 4.78 is 37.1. The van der Waals surface area contributed by atoms with E-state index in [4.69, 9.17) is 16.2 Å². The van der Waals surface area contributed by atoms with Crippen LogP contribution >= 0.6 is 0 Å². The van der Waals surface area contributed by atoms with E-state index in [0.717, 1.165) is 0 Å². The summed E-state index contributed by atoms with van der Waals surface area (Å²) in [4.78, 5) is 16.6. The van der Waals surface area contributed by atoms with Gasteiger partial charge in [0.2, 0.25) is 0 Å². The number of ether oxygens (including phenoxy) is 1. The molecule has 174 valence electrons. The number of aliphatic hydroxyl groups is 1. The first-order valence-electron chi connectivity index (χ1n) is 10.6. The van der Waals surface area contributed by atoms with Crippen molar-refractivity contribution in [2.45, 2.75) is 25.0 Å². The molecule has 2 aromatic carbocycles. The van der Waals surface area contributed by atoms with Crippen LogP contribution in [0.15, 0.2) is 42.5 Å². The zero-order valence-corrected chi connectivity index (χ0v) is 18.1. The van der Waals surface area contributed by atoms with Crippen molar-refractivity contribution in [3.63, 3.8) is 0 Å². The number of carbonyl (C=O) groups is 1. The van der Waals surface area contributed by atoms with Gasteiger partial charge in [-0.05, 0) is 37.1 Å². The molecule has 1 aliphatic carbocycles. The van der Waals surface area contributed by atoms with Gasteiger partial charge in [-0.3, -0.25) is 4.79 Å². The van der Waals surface area contributed by atoms with E-state index in [-0.39, 0.29) is 45.5 Å². The summed E-state index contributed by atoms with van der Waals surface area (Å²) >= 11 is 0. The summed E-state index contributed by atoms with van der Waals surface area (Å²) in [7, 11) is 1.42. The minimum Gasteiger partial charge on any atom is -0.496 e. The summed E-state index contributed by atoms with van der Waals surface area (Å²) in [6.45, 7) is 0. The fraction of sp³-hybridized carbons (Fsp3) is 0.208. The number of benzene rings is 2. The SMILES string of the molecule is COc1cc(-c2ccccc2F)nc2c(F)c(-c3nn(C4CC(O)C4)c(N)c3C(N)=O)ccc12. The van der Waals surface area contributed by atoms with Crippen molar-refractivity contribution in [1.82, 2.24) is 14.8 Å². The third-order valence-electron chi connectivity index (χ3n) is 6.13. The molecule has 0 aliphatic heterocycles. The van der Waals surface area contributed by atoms with Crippen LogP contribution in [-0.4, -0.2) is 39.0 Å². The molecule has 0 spiro atoms. The molecule has 1 amide bonds. The third-order valence-corrected chi connectivity index (χ3v) is 6.13. The van der Waals surface area contributed by atoms with Gasteiger partial charge in [0.1, 0.15) is 34.2 Å². The van der Waals surface area contributed by atoms with Crippen LogP contribution in [0.5, 0.6) is 5.75 Å². The van der Waals surface area contributed by atoms with Gasteiger partial charge in [0.25, 0.3) is 5.91 Å². The Balaban J connectivity index is 1.73. The van der Waals surface area contributed by atoms with E-state index in [1.807, 2.05) is 0 Å². The smallest absolute Gasteiger partial charge is 0.254 e. The van der Waals surface area contributed by atoms with Crippen LogP contribution in [0.25, 0.3) is 33.4 Å². The quantitative estimate of drug-likeness (QED) is 0.414. The minimum absolute atomic E-state index is 0.00421. The van der Waals surface area contributed by atoms with Crippen LogP contribution in [0.1, 0.15) is 29.2 Å². The predicted molar refractivity (Wildman–Crippen MR) is 122 cm³/mol. The summed E-state index contributed by atoms with van der Waals surface area (Å²) in [5, 5.41) is 14.4. The van der Waals surface area contributed by atoms with E-state index in [9.17, 15) is 14.3 Å². The lowest BCUT2D eigenvalue weighted by Gasteiger charge is -2.32. The molecule has 4 aromatic rings. The van der Waals surface area contributed by atoms with Gasteiger partial charge < -0.3 is 21.3 Å². The number of amides is 1. The largest absolute Gasteiger partial charge is 0.496 e. The average Bonchev–Trinajstić information content (AvgIpc) is 3.13. The van der Waals surface area contributed by atoms with Gasteiger partial charge in [-0.2, -0.15) is 5.10 Å². The second-order valence-electron chi connectivity index (χ2n) is 8.21. The van der Waals surface area contributed by atoms with Gasteiger partial charge in [-0.25, -0.2) is 18.4 Å². The lowest BCUT2D eigenvalue weighted by molar-refractivity contribution is 0.0445. The van der Waals surface area contributed by atoms with Crippen molar-refractivity contribution in [1.29, 1.82) is 0 Å². The zero-order valence-electron chi connectivity index (χ0n) is 18.1. The number of aromatic nitrogens is 3. The fourth-order valence-corrected chi connectivity index (χ4v) is 4.30. The van der Waals surface area contributed by atoms with Gasteiger partial charge in [0.05, 0.1) is 24.9 Å². The molecule has 0 unspecified atom stereocenters. The number of aliphatic hydroxyl groups excluding tert-OH is 1.